The maximum atomic E-state index is 12.7. The van der Waals surface area contributed by atoms with Crippen LogP contribution in [-0.4, -0.2) is 27.7 Å². The third kappa shape index (κ3) is 11.2. The largest absolute Gasteiger partial charge is 0.508 e. The number of phenols is 1. The average molecular weight is 601 g/mol. The molecule has 158 valence electrons. The monoisotopic (exact) mass is 598 g/mol. The number of aromatic hydroxyl groups is 1. The fraction of sp³-hybridized carbons (Fsp3) is 0.333. The van der Waals surface area contributed by atoms with E-state index < -0.39 is 29.1 Å². The van der Waals surface area contributed by atoms with Crippen LogP contribution in [0.15, 0.2) is 36.4 Å². The van der Waals surface area contributed by atoms with Gasteiger partial charge < -0.3 is 9.84 Å². The zero-order chi connectivity index (χ0) is 21.7. The molecule has 0 fully saturated rings. The van der Waals surface area contributed by atoms with E-state index in [4.69, 9.17) is 9.84 Å². The van der Waals surface area contributed by atoms with Crippen LogP contribution in [0, 0.1) is 18.6 Å². The summed E-state index contributed by atoms with van der Waals surface area (Å²) < 4.78 is 66.9. The SMILES string of the molecule is BrCCBr.Cc1ccc(F)cc1O.Fc1ccc(C(F)(F)F)c(OCCBr)c1. The third-order valence-electron chi connectivity index (χ3n) is 2.83. The molecule has 0 atom stereocenters. The van der Waals surface area contributed by atoms with Crippen LogP contribution in [-0.2, 0) is 6.18 Å². The van der Waals surface area contributed by atoms with Crippen molar-refractivity contribution in [3.63, 3.8) is 0 Å². The summed E-state index contributed by atoms with van der Waals surface area (Å²) in [7, 11) is 0. The van der Waals surface area contributed by atoms with Gasteiger partial charge in [0.05, 0.1) is 12.2 Å². The van der Waals surface area contributed by atoms with E-state index in [1.807, 2.05) is 0 Å². The van der Waals surface area contributed by atoms with Gasteiger partial charge in [-0.2, -0.15) is 13.2 Å². The van der Waals surface area contributed by atoms with Gasteiger partial charge >= 0.3 is 6.18 Å². The summed E-state index contributed by atoms with van der Waals surface area (Å²) in [5, 5.41) is 11.3. The minimum absolute atomic E-state index is 0.00926. The summed E-state index contributed by atoms with van der Waals surface area (Å²) in [5.74, 6) is -1.64. The Kier molecular flexibility index (Phi) is 13.7. The van der Waals surface area contributed by atoms with Crippen LogP contribution in [0.4, 0.5) is 22.0 Å². The molecule has 0 heterocycles. The zero-order valence-corrected chi connectivity index (χ0v) is 19.4. The average Bonchev–Trinajstić information content (AvgIpc) is 2.63. The maximum absolute atomic E-state index is 12.7. The first-order chi connectivity index (χ1) is 13.1. The standard InChI is InChI=1S/C9H7BrF4O.C7H7FO.C2H4Br2/c10-3-4-15-8-5-6(11)1-2-7(8)9(12,13)14;1-5-2-3-6(8)4-7(5)9;3-1-2-4/h1-2,5H,3-4H2;2-4,9H,1H3;1-2H2. The van der Waals surface area contributed by atoms with Crippen molar-refractivity contribution in [2.45, 2.75) is 13.1 Å². The van der Waals surface area contributed by atoms with Crippen molar-refractivity contribution in [3.05, 3.63) is 59.2 Å². The van der Waals surface area contributed by atoms with Crippen molar-refractivity contribution in [3.8, 4) is 11.5 Å². The predicted octanol–water partition coefficient (Wildman–Crippen LogP) is 7.23. The summed E-state index contributed by atoms with van der Waals surface area (Å²) >= 11 is 9.40. The molecule has 0 spiro atoms. The van der Waals surface area contributed by atoms with Crippen molar-refractivity contribution in [1.29, 1.82) is 0 Å². The third-order valence-corrected chi connectivity index (χ3v) is 5.01. The second-order valence-corrected chi connectivity index (χ2v) is 7.36. The summed E-state index contributed by atoms with van der Waals surface area (Å²) in [6.07, 6.45) is -4.53. The molecule has 0 aliphatic rings. The van der Waals surface area contributed by atoms with Crippen molar-refractivity contribution in [2.75, 3.05) is 22.6 Å². The number of benzene rings is 2. The molecule has 2 rings (SSSR count). The lowest BCUT2D eigenvalue weighted by Gasteiger charge is -2.13. The Morgan fingerprint density at radius 3 is 1.86 bits per heavy atom. The summed E-state index contributed by atoms with van der Waals surface area (Å²) in [6, 6.07) is 6.09. The Bertz CT molecular complexity index is 710. The lowest BCUT2D eigenvalue weighted by atomic mass is 10.2. The van der Waals surface area contributed by atoms with E-state index in [0.29, 0.717) is 17.0 Å². The number of alkyl halides is 6. The topological polar surface area (TPSA) is 29.5 Å². The zero-order valence-electron chi connectivity index (χ0n) is 14.7. The van der Waals surface area contributed by atoms with E-state index in [9.17, 15) is 22.0 Å². The summed E-state index contributed by atoms with van der Waals surface area (Å²) in [4.78, 5) is 0. The Balaban J connectivity index is 0.000000473. The highest BCUT2D eigenvalue weighted by Crippen LogP contribution is 2.36. The van der Waals surface area contributed by atoms with Crippen LogP contribution in [0.2, 0.25) is 0 Å². The van der Waals surface area contributed by atoms with E-state index in [-0.39, 0.29) is 12.4 Å². The molecule has 10 heteroatoms. The van der Waals surface area contributed by atoms with Gasteiger partial charge in [-0.15, -0.1) is 0 Å². The van der Waals surface area contributed by atoms with Gasteiger partial charge in [0.15, 0.2) is 0 Å². The molecule has 0 unspecified atom stereocenters. The quantitative estimate of drug-likeness (QED) is 0.296. The molecular weight excluding hydrogens is 583 g/mol. The van der Waals surface area contributed by atoms with E-state index >= 15 is 0 Å². The first kappa shape index (κ1) is 27.1. The van der Waals surface area contributed by atoms with Crippen molar-refractivity contribution in [1.82, 2.24) is 0 Å². The highest BCUT2D eigenvalue weighted by molar-refractivity contribution is 9.12. The van der Waals surface area contributed by atoms with E-state index in [2.05, 4.69) is 47.8 Å². The van der Waals surface area contributed by atoms with Crippen molar-refractivity contribution in [2.24, 2.45) is 0 Å². The van der Waals surface area contributed by atoms with E-state index in [1.54, 1.807) is 6.92 Å². The van der Waals surface area contributed by atoms with Crippen molar-refractivity contribution >= 4 is 47.8 Å². The Hall–Kier alpha value is -0.870. The molecule has 2 aromatic carbocycles. The number of hydrogen-bond acceptors (Lipinski definition) is 2. The van der Waals surface area contributed by atoms with Gasteiger partial charge in [-0.05, 0) is 30.7 Å². The minimum Gasteiger partial charge on any atom is -0.508 e. The van der Waals surface area contributed by atoms with Gasteiger partial charge in [0.1, 0.15) is 23.1 Å². The molecule has 0 amide bonds. The van der Waals surface area contributed by atoms with Gasteiger partial charge in [0, 0.05) is 28.1 Å². The smallest absolute Gasteiger partial charge is 0.419 e. The van der Waals surface area contributed by atoms with Gasteiger partial charge in [-0.1, -0.05) is 53.9 Å². The Labute approximate surface area is 185 Å². The number of rotatable bonds is 4. The van der Waals surface area contributed by atoms with Crippen LogP contribution < -0.4 is 4.74 Å². The van der Waals surface area contributed by atoms with Crippen LogP contribution in [0.1, 0.15) is 11.1 Å². The van der Waals surface area contributed by atoms with Gasteiger partial charge in [-0.3, -0.25) is 0 Å². The molecule has 1 N–H and O–H groups in total. The van der Waals surface area contributed by atoms with Gasteiger partial charge in [-0.25, -0.2) is 8.78 Å². The predicted molar refractivity (Wildman–Crippen MR) is 111 cm³/mol. The highest BCUT2D eigenvalue weighted by atomic mass is 79.9. The molecule has 2 aromatic rings. The lowest BCUT2D eigenvalue weighted by Crippen LogP contribution is -2.10. The minimum atomic E-state index is -4.53. The fourth-order valence-corrected chi connectivity index (χ4v) is 1.74. The number of halogens is 8. The molecule has 28 heavy (non-hydrogen) atoms. The second kappa shape index (κ2) is 14.2. The summed E-state index contributed by atoms with van der Waals surface area (Å²) in [6.45, 7) is 1.77. The van der Waals surface area contributed by atoms with Crippen LogP contribution >= 0.6 is 47.8 Å². The number of ether oxygens (including phenoxy) is 1. The number of aryl methyl sites for hydroxylation is 1. The molecule has 0 aliphatic heterocycles. The van der Waals surface area contributed by atoms with Crippen LogP contribution in [0.25, 0.3) is 0 Å². The first-order valence-electron chi connectivity index (χ1n) is 7.69. The fourth-order valence-electron chi connectivity index (χ4n) is 1.58. The van der Waals surface area contributed by atoms with E-state index in [1.165, 1.54) is 12.1 Å². The maximum Gasteiger partial charge on any atom is 0.419 e. The molecule has 2 nitrogen and oxygen atoms in total. The molecule has 0 saturated carbocycles. The molecule has 0 aliphatic carbocycles. The highest BCUT2D eigenvalue weighted by Gasteiger charge is 2.34. The number of hydrogen-bond donors (Lipinski definition) is 1. The van der Waals surface area contributed by atoms with Crippen LogP contribution in [0.5, 0.6) is 11.5 Å². The Morgan fingerprint density at radius 2 is 1.43 bits per heavy atom. The van der Waals surface area contributed by atoms with Crippen LogP contribution in [0.3, 0.4) is 0 Å². The van der Waals surface area contributed by atoms with Gasteiger partial charge in [0.25, 0.3) is 0 Å². The molecule has 0 radical (unpaired) electrons. The Morgan fingerprint density at radius 1 is 0.893 bits per heavy atom. The molecule has 0 bridgehead atoms. The lowest BCUT2D eigenvalue weighted by molar-refractivity contribution is -0.138. The first-order valence-corrected chi connectivity index (χ1v) is 11.1. The summed E-state index contributed by atoms with van der Waals surface area (Å²) in [5.41, 5.74) is -0.277. The van der Waals surface area contributed by atoms with Crippen molar-refractivity contribution < 1.29 is 31.8 Å². The molecule has 0 saturated heterocycles. The second-order valence-electron chi connectivity index (χ2n) is 4.98. The normalized spacial score (nSPS) is 10.3. The van der Waals surface area contributed by atoms with E-state index in [0.717, 1.165) is 28.9 Å². The number of phenolic OH excluding ortho intramolecular Hbond substituents is 1. The molecular formula is C18H18Br3F5O2. The van der Waals surface area contributed by atoms with Gasteiger partial charge in [0.2, 0.25) is 0 Å². The molecule has 0 aromatic heterocycles.